The number of hydrogen-bond acceptors (Lipinski definition) is 5. The number of unbranched alkanes of at least 4 members (excludes halogenated alkanes) is 13. The van der Waals surface area contributed by atoms with E-state index in [1.54, 1.807) is 6.08 Å². The zero-order valence-corrected chi connectivity index (χ0v) is 48.4. The maximum Gasteiger partial charge on any atom is 0.472 e. The first kappa shape index (κ1) is 70.1. The van der Waals surface area contributed by atoms with Crippen molar-refractivity contribution < 1.29 is 32.9 Å². The van der Waals surface area contributed by atoms with E-state index in [2.05, 4.69) is 165 Å². The largest absolute Gasteiger partial charge is 0.472 e. The van der Waals surface area contributed by atoms with Crippen LogP contribution in [0.25, 0.3) is 0 Å². The van der Waals surface area contributed by atoms with Crippen molar-refractivity contribution in [1.82, 2.24) is 5.32 Å². The van der Waals surface area contributed by atoms with Gasteiger partial charge < -0.3 is 19.8 Å². The van der Waals surface area contributed by atoms with E-state index in [4.69, 9.17) is 9.05 Å². The predicted molar refractivity (Wildman–Crippen MR) is 322 cm³/mol. The van der Waals surface area contributed by atoms with Crippen LogP contribution in [0.15, 0.2) is 158 Å². The van der Waals surface area contributed by atoms with Crippen LogP contribution < -0.4 is 5.32 Å². The minimum atomic E-state index is -4.38. The molecule has 0 saturated heterocycles. The van der Waals surface area contributed by atoms with Gasteiger partial charge in [0.1, 0.15) is 13.2 Å². The molecule has 8 nitrogen and oxygen atoms in total. The molecule has 0 saturated carbocycles. The van der Waals surface area contributed by atoms with E-state index in [-0.39, 0.29) is 25.5 Å². The molecule has 74 heavy (non-hydrogen) atoms. The third kappa shape index (κ3) is 55.9. The Bertz CT molecular complexity index is 1750. The highest BCUT2D eigenvalue weighted by Gasteiger charge is 2.27. The zero-order valence-electron chi connectivity index (χ0n) is 47.5. The zero-order chi connectivity index (χ0) is 54.2. The van der Waals surface area contributed by atoms with Gasteiger partial charge in [-0.25, -0.2) is 4.57 Å². The van der Waals surface area contributed by atoms with Gasteiger partial charge in [0.2, 0.25) is 5.91 Å². The summed E-state index contributed by atoms with van der Waals surface area (Å²) in [6, 6.07) is -0.906. The maximum absolute atomic E-state index is 13.0. The fourth-order valence-electron chi connectivity index (χ4n) is 7.22. The number of rotatable bonds is 50. The molecule has 0 heterocycles. The number of hydrogen-bond donors (Lipinski definition) is 3. The number of nitrogens with zero attached hydrogens (tertiary/aromatic N) is 1. The van der Waals surface area contributed by atoms with Crippen LogP contribution in [0, 0.1) is 0 Å². The molecule has 0 rings (SSSR count). The van der Waals surface area contributed by atoms with Crippen molar-refractivity contribution in [2.24, 2.45) is 0 Å². The van der Waals surface area contributed by atoms with Crippen LogP contribution in [-0.4, -0.2) is 73.4 Å². The molecular formula is C65H108N2O6P+. The lowest BCUT2D eigenvalue weighted by molar-refractivity contribution is -0.870. The van der Waals surface area contributed by atoms with Crippen LogP contribution in [0.1, 0.15) is 194 Å². The van der Waals surface area contributed by atoms with E-state index in [0.29, 0.717) is 17.4 Å². The Morgan fingerprint density at radius 2 is 0.824 bits per heavy atom. The summed E-state index contributed by atoms with van der Waals surface area (Å²) in [5, 5.41) is 13.9. The topological polar surface area (TPSA) is 105 Å². The quantitative estimate of drug-likeness (QED) is 0.0243. The summed E-state index contributed by atoms with van der Waals surface area (Å²) in [5.41, 5.74) is 0. The van der Waals surface area contributed by atoms with E-state index in [9.17, 15) is 19.4 Å². The summed E-state index contributed by atoms with van der Waals surface area (Å²) in [6.07, 6.45) is 84.9. The lowest BCUT2D eigenvalue weighted by atomic mass is 10.1. The molecule has 9 heteroatoms. The molecule has 0 radical (unpaired) electrons. The molecule has 0 aromatic carbocycles. The molecule has 0 aromatic rings. The molecule has 0 aliphatic heterocycles. The fourth-order valence-corrected chi connectivity index (χ4v) is 7.95. The number of quaternary nitrogens is 1. The molecule has 3 N–H and O–H groups in total. The first-order valence-corrected chi connectivity index (χ1v) is 30.4. The first-order valence-electron chi connectivity index (χ1n) is 28.9. The van der Waals surface area contributed by atoms with E-state index in [0.717, 1.165) is 103 Å². The van der Waals surface area contributed by atoms with Crippen molar-refractivity contribution in [3.05, 3.63) is 158 Å². The van der Waals surface area contributed by atoms with Crippen LogP contribution in [0.2, 0.25) is 0 Å². The number of amides is 1. The molecule has 0 fully saturated rings. The van der Waals surface area contributed by atoms with Crippen LogP contribution in [0.5, 0.6) is 0 Å². The molecule has 0 spiro atoms. The smallest absolute Gasteiger partial charge is 0.387 e. The Morgan fingerprint density at radius 1 is 0.473 bits per heavy atom. The van der Waals surface area contributed by atoms with E-state index in [1.807, 2.05) is 27.2 Å². The van der Waals surface area contributed by atoms with Crippen LogP contribution in [0.4, 0.5) is 0 Å². The van der Waals surface area contributed by atoms with Gasteiger partial charge in [0.15, 0.2) is 0 Å². The Balaban J connectivity index is 4.41. The van der Waals surface area contributed by atoms with Gasteiger partial charge in [0.25, 0.3) is 0 Å². The Labute approximate surface area is 454 Å². The minimum absolute atomic E-state index is 0.0355. The second-order valence-electron chi connectivity index (χ2n) is 19.9. The van der Waals surface area contributed by atoms with Crippen LogP contribution in [-0.2, 0) is 18.4 Å². The number of phosphoric ester groups is 1. The monoisotopic (exact) mass is 1040 g/mol. The number of phosphoric acid groups is 1. The predicted octanol–water partition coefficient (Wildman–Crippen LogP) is 17.9. The molecule has 418 valence electrons. The lowest BCUT2D eigenvalue weighted by Crippen LogP contribution is -2.45. The van der Waals surface area contributed by atoms with Crippen molar-refractivity contribution in [2.75, 3.05) is 40.9 Å². The van der Waals surface area contributed by atoms with E-state index < -0.39 is 20.0 Å². The summed E-state index contributed by atoms with van der Waals surface area (Å²) in [4.78, 5) is 23.3. The summed E-state index contributed by atoms with van der Waals surface area (Å²) >= 11 is 0. The van der Waals surface area contributed by atoms with Crippen molar-refractivity contribution >= 4 is 13.7 Å². The molecule has 3 atom stereocenters. The van der Waals surface area contributed by atoms with Crippen molar-refractivity contribution in [2.45, 2.75) is 206 Å². The number of likely N-dealkylation sites (N-methyl/N-ethyl adjacent to an activating group) is 1. The number of nitrogens with one attached hydrogen (secondary N) is 1. The molecule has 0 aromatic heterocycles. The van der Waals surface area contributed by atoms with Crippen molar-refractivity contribution in [3.63, 3.8) is 0 Å². The van der Waals surface area contributed by atoms with Gasteiger partial charge in [-0.15, -0.1) is 0 Å². The number of carbonyl (C=O) groups excluding carboxylic acids is 1. The molecule has 0 aliphatic carbocycles. The van der Waals surface area contributed by atoms with Gasteiger partial charge in [0, 0.05) is 6.42 Å². The SMILES string of the molecule is CC/C=C\C/C=C\C/C=C\C/C=C\C/C=C\C/C=C\C/C=C\C/C=C\C/C=C\C/C=C\CCCCC(=O)NC(COP(=O)(O)OCC[N+](C)(C)C)C(O)/C=C/CC/C=C/CC/C=C/CCCCCCCCCCC. The molecule has 1 amide bonds. The second-order valence-corrected chi connectivity index (χ2v) is 21.4. The van der Waals surface area contributed by atoms with Gasteiger partial charge in [0.05, 0.1) is 39.9 Å². The van der Waals surface area contributed by atoms with Crippen molar-refractivity contribution in [3.8, 4) is 0 Å². The lowest BCUT2D eigenvalue weighted by Gasteiger charge is -2.25. The highest BCUT2D eigenvalue weighted by molar-refractivity contribution is 7.47. The Kier molecular flexibility index (Phi) is 51.1. The number of aliphatic hydroxyl groups excluding tert-OH is 1. The van der Waals surface area contributed by atoms with E-state index in [1.165, 1.54) is 64.2 Å². The maximum atomic E-state index is 13.0. The number of carbonyl (C=O) groups is 1. The minimum Gasteiger partial charge on any atom is -0.387 e. The normalized spacial score (nSPS) is 15.1. The highest BCUT2D eigenvalue weighted by atomic mass is 31.2. The fraction of sp³-hybridized carbons (Fsp3) is 0.585. The second kappa shape index (κ2) is 53.9. The van der Waals surface area contributed by atoms with Gasteiger partial charge in [-0.1, -0.05) is 223 Å². The van der Waals surface area contributed by atoms with Crippen LogP contribution in [0.3, 0.4) is 0 Å². The van der Waals surface area contributed by atoms with Crippen molar-refractivity contribution in [1.29, 1.82) is 0 Å². The third-order valence-electron chi connectivity index (χ3n) is 11.7. The molecule has 0 aliphatic rings. The Morgan fingerprint density at radius 3 is 1.24 bits per heavy atom. The number of aliphatic hydroxyl groups is 1. The molecule has 0 bridgehead atoms. The highest BCUT2D eigenvalue weighted by Crippen LogP contribution is 2.43. The average Bonchev–Trinajstić information content (AvgIpc) is 3.36. The van der Waals surface area contributed by atoms with Gasteiger partial charge in [-0.2, -0.15) is 0 Å². The summed E-state index contributed by atoms with van der Waals surface area (Å²) in [6.45, 7) is 4.61. The number of allylic oxidation sites excluding steroid dienone is 25. The van der Waals surface area contributed by atoms with Gasteiger partial charge in [-0.05, 0) is 122 Å². The summed E-state index contributed by atoms with van der Waals surface area (Å²) in [7, 11) is 1.49. The Hall–Kier alpha value is -3.88. The standard InChI is InChI=1S/C65H107N2O6P/c1-6-8-10-12-14-16-18-20-22-24-26-27-28-29-30-31-32-33-34-35-36-37-38-39-41-43-45-47-49-51-53-55-57-59-65(69)66-63(62-73-74(70,71)72-61-60-67(3,4)5)64(68)58-56-54-52-50-48-46-44-42-40-25-23-21-19-17-15-13-11-9-7-2/h8,10,14,16,20,22,26-27,29-30,32-33,35-36,38-40,42-43,45,48-51,56,58,63-64,68H,6-7,9,11-13,15,17-19,21,23-25,28,31,34,37,41,44,46-47,52-55,57,59-62H2,1-5H3,(H-,66,69,70,71)/p+1/b10-8-,16-14-,22-20-,27-26-,30-29-,33-32-,36-35-,39-38-,42-40+,45-43-,50-48+,51-49-,58-56+. The third-order valence-corrected chi connectivity index (χ3v) is 12.7. The van der Waals surface area contributed by atoms with E-state index >= 15 is 0 Å². The van der Waals surface area contributed by atoms with Gasteiger partial charge >= 0.3 is 7.82 Å². The first-order chi connectivity index (χ1) is 36.0. The summed E-state index contributed by atoms with van der Waals surface area (Å²) < 4.78 is 23.6. The molecule has 3 unspecified atom stereocenters. The van der Waals surface area contributed by atoms with Crippen LogP contribution >= 0.6 is 7.82 Å². The molecular weight excluding hydrogens is 936 g/mol. The van der Waals surface area contributed by atoms with Gasteiger partial charge in [-0.3, -0.25) is 13.8 Å². The average molecular weight is 1040 g/mol. The summed E-state index contributed by atoms with van der Waals surface area (Å²) in [5.74, 6) is -0.240.